The van der Waals surface area contributed by atoms with Crippen LogP contribution in [0.3, 0.4) is 0 Å². The van der Waals surface area contributed by atoms with Crippen molar-refractivity contribution in [1.29, 1.82) is 0 Å². The standard InChI is InChI=1S/C17H21ClN2O/c1-20(11-14-4-3-5-16(8-14)21-2)12-15-7-6-13(10-19)9-17(15)18/h3-9H,10-12,19H2,1-2H3. The van der Waals surface area contributed by atoms with Gasteiger partial charge in [-0.25, -0.2) is 0 Å². The van der Waals surface area contributed by atoms with Crippen LogP contribution in [-0.2, 0) is 19.6 Å². The summed E-state index contributed by atoms with van der Waals surface area (Å²) in [6, 6.07) is 14.1. The Morgan fingerprint density at radius 3 is 2.57 bits per heavy atom. The predicted molar refractivity (Wildman–Crippen MR) is 87.5 cm³/mol. The summed E-state index contributed by atoms with van der Waals surface area (Å²) in [7, 11) is 3.76. The number of rotatable bonds is 6. The zero-order valence-corrected chi connectivity index (χ0v) is 13.2. The van der Waals surface area contributed by atoms with Crippen LogP contribution in [0, 0.1) is 0 Å². The Labute approximate surface area is 131 Å². The van der Waals surface area contributed by atoms with E-state index in [4.69, 9.17) is 22.1 Å². The minimum absolute atomic E-state index is 0.514. The molecule has 0 unspecified atom stereocenters. The van der Waals surface area contributed by atoms with E-state index in [0.717, 1.165) is 35.0 Å². The fraction of sp³-hybridized carbons (Fsp3) is 0.294. The minimum atomic E-state index is 0.514. The number of methoxy groups -OCH3 is 1. The first-order chi connectivity index (χ1) is 10.1. The lowest BCUT2D eigenvalue weighted by Crippen LogP contribution is -2.17. The molecule has 0 bridgehead atoms. The number of benzene rings is 2. The van der Waals surface area contributed by atoms with Crippen molar-refractivity contribution >= 4 is 11.6 Å². The SMILES string of the molecule is COc1cccc(CN(C)Cc2ccc(CN)cc2Cl)c1. The molecule has 0 saturated carbocycles. The molecule has 112 valence electrons. The summed E-state index contributed by atoms with van der Waals surface area (Å²) in [5.74, 6) is 0.881. The summed E-state index contributed by atoms with van der Waals surface area (Å²) in [5.41, 5.74) is 9.00. The molecular formula is C17H21ClN2O. The van der Waals surface area contributed by atoms with E-state index in [9.17, 15) is 0 Å². The van der Waals surface area contributed by atoms with Gasteiger partial charge in [-0.2, -0.15) is 0 Å². The Balaban J connectivity index is 2.02. The van der Waals surface area contributed by atoms with E-state index in [2.05, 4.69) is 24.1 Å². The van der Waals surface area contributed by atoms with Crippen LogP contribution >= 0.6 is 11.6 Å². The maximum absolute atomic E-state index is 6.30. The van der Waals surface area contributed by atoms with E-state index in [1.807, 2.05) is 30.3 Å². The summed E-state index contributed by atoms with van der Waals surface area (Å²) >= 11 is 6.30. The van der Waals surface area contributed by atoms with Crippen LogP contribution in [0.1, 0.15) is 16.7 Å². The molecule has 0 spiro atoms. The van der Waals surface area contributed by atoms with Crippen LogP contribution in [0.2, 0.25) is 5.02 Å². The first-order valence-corrected chi connectivity index (χ1v) is 7.29. The molecule has 0 saturated heterocycles. The fourth-order valence-electron chi connectivity index (χ4n) is 2.28. The van der Waals surface area contributed by atoms with Gasteiger partial charge in [0.2, 0.25) is 0 Å². The molecule has 0 aliphatic rings. The smallest absolute Gasteiger partial charge is 0.119 e. The molecular weight excluding hydrogens is 284 g/mol. The average Bonchev–Trinajstić information content (AvgIpc) is 2.49. The highest BCUT2D eigenvalue weighted by Gasteiger charge is 2.06. The molecule has 0 heterocycles. The second kappa shape index (κ2) is 7.46. The fourth-order valence-corrected chi connectivity index (χ4v) is 2.54. The monoisotopic (exact) mass is 304 g/mol. The molecule has 0 amide bonds. The van der Waals surface area contributed by atoms with Gasteiger partial charge in [0.05, 0.1) is 7.11 Å². The van der Waals surface area contributed by atoms with Gasteiger partial charge in [-0.05, 0) is 41.9 Å². The van der Waals surface area contributed by atoms with E-state index < -0.39 is 0 Å². The molecule has 0 aliphatic heterocycles. The van der Waals surface area contributed by atoms with Crippen molar-refractivity contribution in [2.45, 2.75) is 19.6 Å². The molecule has 2 aromatic carbocycles. The Bertz CT molecular complexity index is 601. The molecule has 21 heavy (non-hydrogen) atoms. The lowest BCUT2D eigenvalue weighted by molar-refractivity contribution is 0.318. The molecule has 2 rings (SSSR count). The molecule has 0 radical (unpaired) electrons. The van der Waals surface area contributed by atoms with Gasteiger partial charge >= 0.3 is 0 Å². The van der Waals surface area contributed by atoms with Gasteiger partial charge in [-0.1, -0.05) is 35.9 Å². The van der Waals surface area contributed by atoms with Crippen LogP contribution in [0.5, 0.6) is 5.75 Å². The molecule has 0 aliphatic carbocycles. The van der Waals surface area contributed by atoms with Crippen molar-refractivity contribution in [2.24, 2.45) is 5.73 Å². The van der Waals surface area contributed by atoms with Crippen molar-refractivity contribution in [1.82, 2.24) is 4.90 Å². The van der Waals surface area contributed by atoms with E-state index in [-0.39, 0.29) is 0 Å². The maximum atomic E-state index is 6.30. The summed E-state index contributed by atoms with van der Waals surface area (Å²) in [6.45, 7) is 2.15. The van der Waals surface area contributed by atoms with Gasteiger partial charge in [0.15, 0.2) is 0 Å². The largest absolute Gasteiger partial charge is 0.497 e. The van der Waals surface area contributed by atoms with E-state index in [1.54, 1.807) is 7.11 Å². The van der Waals surface area contributed by atoms with Gasteiger partial charge in [-0.3, -0.25) is 4.90 Å². The van der Waals surface area contributed by atoms with Gasteiger partial charge in [0, 0.05) is 24.7 Å². The van der Waals surface area contributed by atoms with Gasteiger partial charge in [0.25, 0.3) is 0 Å². The highest BCUT2D eigenvalue weighted by Crippen LogP contribution is 2.20. The summed E-state index contributed by atoms with van der Waals surface area (Å²) in [4.78, 5) is 2.22. The number of halogens is 1. The predicted octanol–water partition coefficient (Wildman–Crippen LogP) is 3.44. The van der Waals surface area contributed by atoms with E-state index in [0.29, 0.717) is 6.54 Å². The molecule has 2 aromatic rings. The highest BCUT2D eigenvalue weighted by molar-refractivity contribution is 6.31. The molecule has 0 atom stereocenters. The topological polar surface area (TPSA) is 38.5 Å². The Morgan fingerprint density at radius 1 is 1.10 bits per heavy atom. The summed E-state index contributed by atoms with van der Waals surface area (Å²) in [5, 5.41) is 0.774. The zero-order chi connectivity index (χ0) is 15.2. The zero-order valence-electron chi connectivity index (χ0n) is 12.5. The number of nitrogens with two attached hydrogens (primary N) is 1. The third kappa shape index (κ3) is 4.46. The van der Waals surface area contributed by atoms with Crippen molar-refractivity contribution in [3.63, 3.8) is 0 Å². The van der Waals surface area contributed by atoms with Crippen molar-refractivity contribution in [2.75, 3.05) is 14.2 Å². The summed E-state index contributed by atoms with van der Waals surface area (Å²) < 4.78 is 5.25. The van der Waals surface area contributed by atoms with Crippen LogP contribution in [0.15, 0.2) is 42.5 Å². The molecule has 0 aromatic heterocycles. The third-order valence-electron chi connectivity index (χ3n) is 3.38. The first kappa shape index (κ1) is 15.8. The normalized spacial score (nSPS) is 10.9. The van der Waals surface area contributed by atoms with Gasteiger partial charge in [0.1, 0.15) is 5.75 Å². The second-order valence-corrected chi connectivity index (χ2v) is 5.56. The van der Waals surface area contributed by atoms with Crippen LogP contribution in [0.25, 0.3) is 0 Å². The third-order valence-corrected chi connectivity index (χ3v) is 3.73. The average molecular weight is 305 g/mol. The second-order valence-electron chi connectivity index (χ2n) is 5.15. The number of ether oxygens (including phenoxy) is 1. The van der Waals surface area contributed by atoms with Gasteiger partial charge in [-0.15, -0.1) is 0 Å². The van der Waals surface area contributed by atoms with Crippen LogP contribution in [0.4, 0.5) is 0 Å². The molecule has 2 N–H and O–H groups in total. The van der Waals surface area contributed by atoms with E-state index in [1.165, 1.54) is 5.56 Å². The highest BCUT2D eigenvalue weighted by atomic mass is 35.5. The van der Waals surface area contributed by atoms with E-state index >= 15 is 0 Å². The Kier molecular flexibility index (Phi) is 5.62. The quantitative estimate of drug-likeness (QED) is 0.888. The number of hydrogen-bond donors (Lipinski definition) is 1. The maximum Gasteiger partial charge on any atom is 0.119 e. The lowest BCUT2D eigenvalue weighted by Gasteiger charge is -2.18. The van der Waals surface area contributed by atoms with Crippen molar-refractivity contribution in [3.05, 3.63) is 64.2 Å². The Hall–Kier alpha value is -1.55. The Morgan fingerprint density at radius 2 is 1.90 bits per heavy atom. The van der Waals surface area contributed by atoms with Gasteiger partial charge < -0.3 is 10.5 Å². The van der Waals surface area contributed by atoms with Crippen LogP contribution < -0.4 is 10.5 Å². The lowest BCUT2D eigenvalue weighted by atomic mass is 10.1. The number of hydrogen-bond acceptors (Lipinski definition) is 3. The summed E-state index contributed by atoms with van der Waals surface area (Å²) in [6.07, 6.45) is 0. The van der Waals surface area contributed by atoms with Crippen molar-refractivity contribution < 1.29 is 4.74 Å². The van der Waals surface area contributed by atoms with Crippen LogP contribution in [-0.4, -0.2) is 19.1 Å². The molecule has 3 nitrogen and oxygen atoms in total. The van der Waals surface area contributed by atoms with Crippen molar-refractivity contribution in [3.8, 4) is 5.75 Å². The molecule has 4 heteroatoms. The first-order valence-electron chi connectivity index (χ1n) is 6.91. The number of nitrogens with zero attached hydrogens (tertiary/aromatic N) is 1. The molecule has 0 fully saturated rings. The minimum Gasteiger partial charge on any atom is -0.497 e.